The van der Waals surface area contributed by atoms with Gasteiger partial charge in [0.25, 0.3) is 0 Å². The maximum Gasteiger partial charge on any atom is 0.304 e. The number of sulfonamides is 1. The second kappa shape index (κ2) is 4.76. The van der Waals surface area contributed by atoms with Gasteiger partial charge in [-0.3, -0.25) is 10.1 Å². The molecule has 9 heteroatoms. The highest BCUT2D eigenvalue weighted by Gasteiger charge is 2.24. The Hall–Kier alpha value is -1.19. The molecule has 0 radical (unpaired) electrons. The molecule has 90 valence electrons. The summed E-state index contributed by atoms with van der Waals surface area (Å²) in [7, 11) is -2.13. The van der Waals surface area contributed by atoms with Gasteiger partial charge < -0.3 is 5.32 Å². The number of nitro groups is 1. The summed E-state index contributed by atoms with van der Waals surface area (Å²) in [5.74, 6) is 0. The van der Waals surface area contributed by atoms with Gasteiger partial charge in [0.15, 0.2) is 5.00 Å². The summed E-state index contributed by atoms with van der Waals surface area (Å²) in [5.41, 5.74) is -0.232. The number of nitrogens with zero attached hydrogens (tertiary/aromatic N) is 1. The van der Waals surface area contributed by atoms with Crippen molar-refractivity contribution in [1.29, 1.82) is 0 Å². The summed E-state index contributed by atoms with van der Waals surface area (Å²) in [6.07, 6.45) is 0. The quantitative estimate of drug-likeness (QED) is 0.610. The minimum Gasteiger partial charge on any atom is -0.374 e. The van der Waals surface area contributed by atoms with Gasteiger partial charge in [-0.2, -0.15) is 0 Å². The Morgan fingerprint density at radius 2 is 2.19 bits per heavy atom. The molecular weight excluding hydrogens is 254 g/mol. The Morgan fingerprint density at radius 1 is 1.56 bits per heavy atom. The second-order valence-electron chi connectivity index (χ2n) is 2.79. The van der Waals surface area contributed by atoms with Crippen molar-refractivity contribution in [3.05, 3.63) is 16.2 Å². The molecule has 1 aromatic rings. The zero-order chi connectivity index (χ0) is 12.3. The van der Waals surface area contributed by atoms with Crippen molar-refractivity contribution >= 4 is 32.0 Å². The van der Waals surface area contributed by atoms with Gasteiger partial charge in [-0.15, -0.1) is 0 Å². The number of thiophene rings is 1. The molecule has 16 heavy (non-hydrogen) atoms. The van der Waals surface area contributed by atoms with Crippen LogP contribution in [-0.4, -0.2) is 26.9 Å². The Morgan fingerprint density at radius 3 is 2.56 bits per heavy atom. The Balaban J connectivity index is 3.23. The number of nitrogens with one attached hydrogen (secondary N) is 2. The molecule has 1 heterocycles. The predicted molar refractivity (Wildman–Crippen MR) is 61.4 cm³/mol. The van der Waals surface area contributed by atoms with E-state index in [2.05, 4.69) is 10.0 Å². The molecule has 0 saturated heterocycles. The lowest BCUT2D eigenvalue weighted by atomic mass is 10.5. The SMILES string of the molecule is CCNS(=O)(=O)c1cc([N+](=O)[O-])c(NC)s1. The Labute approximate surface area is 96.7 Å². The predicted octanol–water partition coefficient (Wildman–Crippen LogP) is 0.996. The number of rotatable bonds is 5. The second-order valence-corrected chi connectivity index (χ2v) is 5.83. The van der Waals surface area contributed by atoms with E-state index in [1.54, 1.807) is 6.92 Å². The van der Waals surface area contributed by atoms with Crippen molar-refractivity contribution < 1.29 is 13.3 Å². The van der Waals surface area contributed by atoms with E-state index < -0.39 is 14.9 Å². The molecule has 0 aliphatic carbocycles. The van der Waals surface area contributed by atoms with E-state index in [4.69, 9.17) is 0 Å². The summed E-state index contributed by atoms with van der Waals surface area (Å²) >= 11 is 0.831. The molecule has 0 amide bonds. The fraction of sp³-hybridized carbons (Fsp3) is 0.429. The topological polar surface area (TPSA) is 101 Å². The first-order valence-corrected chi connectivity index (χ1v) is 6.68. The average molecular weight is 265 g/mol. The molecule has 0 aliphatic rings. The highest BCUT2D eigenvalue weighted by molar-refractivity contribution is 7.91. The molecule has 1 aromatic heterocycles. The number of hydrogen-bond donors (Lipinski definition) is 2. The summed E-state index contributed by atoms with van der Waals surface area (Å²) < 4.78 is 25.4. The number of hydrogen-bond acceptors (Lipinski definition) is 6. The molecule has 0 fully saturated rings. The van der Waals surface area contributed by atoms with Crippen LogP contribution < -0.4 is 10.0 Å². The highest BCUT2D eigenvalue weighted by Crippen LogP contribution is 2.36. The first kappa shape index (κ1) is 12.9. The maximum atomic E-state index is 11.6. The van der Waals surface area contributed by atoms with Crippen LogP contribution >= 0.6 is 11.3 Å². The van der Waals surface area contributed by atoms with Crippen LogP contribution in [0.1, 0.15) is 6.92 Å². The van der Waals surface area contributed by atoms with Crippen molar-refractivity contribution in [3.63, 3.8) is 0 Å². The Bertz CT molecular complexity index is 494. The molecule has 0 aromatic carbocycles. The van der Waals surface area contributed by atoms with E-state index in [0.717, 1.165) is 17.4 Å². The van der Waals surface area contributed by atoms with Crippen LogP contribution in [0.5, 0.6) is 0 Å². The average Bonchev–Trinajstić information content (AvgIpc) is 2.61. The lowest BCUT2D eigenvalue weighted by molar-refractivity contribution is -0.383. The fourth-order valence-electron chi connectivity index (χ4n) is 1.07. The zero-order valence-electron chi connectivity index (χ0n) is 8.68. The first-order valence-electron chi connectivity index (χ1n) is 4.38. The molecule has 0 atom stereocenters. The third kappa shape index (κ3) is 2.49. The summed E-state index contributed by atoms with van der Waals surface area (Å²) in [4.78, 5) is 10.0. The van der Waals surface area contributed by atoms with Crippen LogP contribution in [0.15, 0.2) is 10.3 Å². The molecular formula is C7H11N3O4S2. The third-order valence-electron chi connectivity index (χ3n) is 1.71. The molecule has 1 rings (SSSR count). The van der Waals surface area contributed by atoms with Gasteiger partial charge in [-0.05, 0) is 0 Å². The van der Waals surface area contributed by atoms with Crippen LogP contribution in [0.25, 0.3) is 0 Å². The van der Waals surface area contributed by atoms with Crippen molar-refractivity contribution in [1.82, 2.24) is 4.72 Å². The van der Waals surface area contributed by atoms with Crippen LogP contribution in [0.4, 0.5) is 10.7 Å². The zero-order valence-corrected chi connectivity index (χ0v) is 10.3. The molecule has 0 unspecified atom stereocenters. The van der Waals surface area contributed by atoms with E-state index in [1.165, 1.54) is 7.05 Å². The molecule has 0 aliphatic heterocycles. The largest absolute Gasteiger partial charge is 0.374 e. The maximum absolute atomic E-state index is 11.6. The van der Waals surface area contributed by atoms with Crippen LogP contribution in [0.2, 0.25) is 0 Å². The lowest BCUT2D eigenvalue weighted by Crippen LogP contribution is -2.22. The van der Waals surface area contributed by atoms with E-state index in [0.29, 0.717) is 0 Å². The highest BCUT2D eigenvalue weighted by atomic mass is 32.2. The van der Waals surface area contributed by atoms with Crippen molar-refractivity contribution in [2.45, 2.75) is 11.1 Å². The van der Waals surface area contributed by atoms with Crippen LogP contribution in [0.3, 0.4) is 0 Å². The Kier molecular flexibility index (Phi) is 3.83. The van der Waals surface area contributed by atoms with Gasteiger partial charge in [0.05, 0.1) is 4.92 Å². The number of anilines is 1. The third-order valence-corrected chi connectivity index (χ3v) is 4.87. The van der Waals surface area contributed by atoms with E-state index in [9.17, 15) is 18.5 Å². The standard InChI is InChI=1S/C7H11N3O4S2/c1-3-9-16(13,14)6-4-5(10(11)12)7(8-2)15-6/h4,8-9H,3H2,1-2H3. The fourth-order valence-corrected chi connectivity index (χ4v) is 3.43. The minimum absolute atomic E-state index is 0.0644. The van der Waals surface area contributed by atoms with Crippen molar-refractivity contribution in [2.24, 2.45) is 0 Å². The van der Waals surface area contributed by atoms with E-state index in [1.807, 2.05) is 0 Å². The van der Waals surface area contributed by atoms with Crippen LogP contribution in [-0.2, 0) is 10.0 Å². The van der Waals surface area contributed by atoms with Gasteiger partial charge >= 0.3 is 5.69 Å². The van der Waals surface area contributed by atoms with E-state index >= 15 is 0 Å². The monoisotopic (exact) mass is 265 g/mol. The van der Waals surface area contributed by atoms with Gasteiger partial charge in [-0.25, -0.2) is 13.1 Å². The summed E-state index contributed by atoms with van der Waals surface area (Å²) in [5, 5.41) is 13.5. The van der Waals surface area contributed by atoms with Gasteiger partial charge in [0.1, 0.15) is 4.21 Å². The van der Waals surface area contributed by atoms with Gasteiger partial charge in [-0.1, -0.05) is 18.3 Å². The first-order chi connectivity index (χ1) is 7.42. The van der Waals surface area contributed by atoms with E-state index in [-0.39, 0.29) is 21.4 Å². The normalized spacial score (nSPS) is 11.4. The molecule has 0 bridgehead atoms. The van der Waals surface area contributed by atoms with Crippen molar-refractivity contribution in [2.75, 3.05) is 18.9 Å². The van der Waals surface area contributed by atoms with Crippen LogP contribution in [0, 0.1) is 10.1 Å². The summed E-state index contributed by atoms with van der Waals surface area (Å²) in [6.45, 7) is 1.88. The van der Waals surface area contributed by atoms with Gasteiger partial charge in [0.2, 0.25) is 10.0 Å². The van der Waals surface area contributed by atoms with Gasteiger partial charge in [0, 0.05) is 19.7 Å². The lowest BCUT2D eigenvalue weighted by Gasteiger charge is -1.98. The molecule has 7 nitrogen and oxygen atoms in total. The smallest absolute Gasteiger partial charge is 0.304 e. The minimum atomic E-state index is -3.63. The summed E-state index contributed by atoms with van der Waals surface area (Å²) in [6, 6.07) is 1.05. The molecule has 0 spiro atoms. The molecule has 0 saturated carbocycles. The van der Waals surface area contributed by atoms with Crippen molar-refractivity contribution in [3.8, 4) is 0 Å². The molecule has 2 N–H and O–H groups in total.